The number of hydrogen-bond donors (Lipinski definition) is 2. The van der Waals surface area contributed by atoms with E-state index in [0.717, 1.165) is 4.73 Å². The van der Waals surface area contributed by atoms with Crippen molar-refractivity contribution in [1.29, 1.82) is 0 Å². The van der Waals surface area contributed by atoms with E-state index in [-0.39, 0.29) is 27.2 Å². The Morgan fingerprint density at radius 2 is 1.63 bits per heavy atom. The van der Waals surface area contributed by atoms with Crippen molar-refractivity contribution in [3.63, 3.8) is 0 Å². The Kier molecular flexibility index (Phi) is 5.79. The second-order valence-corrected chi connectivity index (χ2v) is 8.19. The zero-order valence-corrected chi connectivity index (χ0v) is 18.4. The lowest BCUT2D eigenvalue weighted by Crippen LogP contribution is -1.98. The van der Waals surface area contributed by atoms with Crippen LogP contribution in [-0.2, 0) is 0 Å². The molecule has 10 heteroatoms. The van der Waals surface area contributed by atoms with Crippen LogP contribution in [0.15, 0.2) is 53.8 Å². The summed E-state index contributed by atoms with van der Waals surface area (Å²) in [6, 6.07) is 11.3. The van der Waals surface area contributed by atoms with Crippen molar-refractivity contribution in [2.24, 2.45) is 0 Å². The van der Waals surface area contributed by atoms with Crippen molar-refractivity contribution in [2.75, 3.05) is 6.26 Å². The van der Waals surface area contributed by atoms with E-state index in [1.165, 1.54) is 23.9 Å². The van der Waals surface area contributed by atoms with Gasteiger partial charge in [0.05, 0.1) is 21.3 Å². The van der Waals surface area contributed by atoms with Gasteiger partial charge in [-0.1, -0.05) is 58.7 Å². The molecule has 0 aliphatic carbocycles. The van der Waals surface area contributed by atoms with Crippen LogP contribution in [0.5, 0.6) is 5.75 Å². The molecule has 2 heterocycles. The highest BCUT2D eigenvalue weighted by molar-refractivity contribution is 7.98. The average Bonchev–Trinajstić information content (AvgIpc) is 3.05. The molecule has 0 bridgehead atoms. The van der Waals surface area contributed by atoms with E-state index in [0.29, 0.717) is 32.8 Å². The highest BCUT2D eigenvalue weighted by atomic mass is 35.5. The number of thioether (sulfide) groups is 1. The molecule has 152 valence electrons. The maximum absolute atomic E-state index is 11.1. The van der Waals surface area contributed by atoms with E-state index in [1.807, 2.05) is 6.26 Å². The van der Waals surface area contributed by atoms with Gasteiger partial charge in [-0.25, -0.2) is 15.0 Å². The minimum Gasteiger partial charge on any atom is -0.508 e. The number of aromatic nitrogens is 4. The van der Waals surface area contributed by atoms with Crippen molar-refractivity contribution in [3.8, 4) is 39.8 Å². The molecule has 0 saturated carbocycles. The summed E-state index contributed by atoms with van der Waals surface area (Å²) in [5, 5.41) is 22.2. The summed E-state index contributed by atoms with van der Waals surface area (Å²) in [5.74, 6) is 0.0117. The zero-order chi connectivity index (χ0) is 21.4. The predicted octanol–water partition coefficient (Wildman–Crippen LogP) is 6.30. The van der Waals surface area contributed by atoms with Gasteiger partial charge in [0.15, 0.2) is 11.0 Å². The van der Waals surface area contributed by atoms with Crippen molar-refractivity contribution >= 4 is 46.6 Å². The number of benzene rings is 2. The molecule has 0 unspecified atom stereocenters. The number of phenolic OH excluding ortho intramolecular Hbond substituents is 1. The fourth-order valence-electron chi connectivity index (χ4n) is 2.96. The van der Waals surface area contributed by atoms with Gasteiger partial charge in [-0.15, -0.1) is 0 Å². The molecule has 4 rings (SSSR count). The van der Waals surface area contributed by atoms with Crippen LogP contribution in [0, 0.1) is 0 Å². The molecule has 0 aliphatic rings. The van der Waals surface area contributed by atoms with Crippen molar-refractivity contribution in [2.45, 2.75) is 5.16 Å². The first-order chi connectivity index (χ1) is 14.4. The molecule has 0 atom stereocenters. The summed E-state index contributed by atoms with van der Waals surface area (Å²) >= 11 is 20.0. The van der Waals surface area contributed by atoms with Crippen LogP contribution in [0.4, 0.5) is 0 Å². The first kappa shape index (κ1) is 20.8. The molecule has 2 N–H and O–H groups in total. The largest absolute Gasteiger partial charge is 0.508 e. The van der Waals surface area contributed by atoms with Gasteiger partial charge in [0, 0.05) is 16.8 Å². The Labute approximate surface area is 191 Å². The summed E-state index contributed by atoms with van der Waals surface area (Å²) in [4.78, 5) is 13.3. The Morgan fingerprint density at radius 1 is 0.967 bits per heavy atom. The van der Waals surface area contributed by atoms with Crippen LogP contribution in [0.25, 0.3) is 34.0 Å². The van der Waals surface area contributed by atoms with Gasteiger partial charge in [-0.2, -0.15) is 4.73 Å². The second kappa shape index (κ2) is 8.35. The Morgan fingerprint density at radius 3 is 2.27 bits per heavy atom. The highest BCUT2D eigenvalue weighted by Gasteiger charge is 2.25. The fourth-order valence-corrected chi connectivity index (χ4v) is 4.09. The molecule has 0 spiro atoms. The Bertz CT molecular complexity index is 1220. The van der Waals surface area contributed by atoms with Gasteiger partial charge >= 0.3 is 0 Å². The zero-order valence-electron chi connectivity index (χ0n) is 15.3. The van der Waals surface area contributed by atoms with Gasteiger partial charge in [0.2, 0.25) is 0 Å². The van der Waals surface area contributed by atoms with Crippen LogP contribution < -0.4 is 0 Å². The lowest BCUT2D eigenvalue weighted by atomic mass is 10.1. The normalized spacial score (nSPS) is 11.1. The molecular weight excluding hydrogens is 467 g/mol. The number of imidazole rings is 1. The fraction of sp³-hybridized carbons (Fsp3) is 0.0500. The summed E-state index contributed by atoms with van der Waals surface area (Å²) in [5.41, 5.74) is 2.24. The van der Waals surface area contributed by atoms with Gasteiger partial charge in [0.1, 0.15) is 17.1 Å². The van der Waals surface area contributed by atoms with Crippen LogP contribution >= 0.6 is 46.6 Å². The molecule has 0 radical (unpaired) electrons. The third-order valence-corrected chi connectivity index (χ3v) is 5.69. The SMILES string of the molecule is CSc1nccc(-c2nc(-c3c(Cl)cc(O)cc3Cl)n(O)c2-c2ccc(Cl)cc2)n1. The number of rotatable bonds is 4. The number of hydrogen-bond acceptors (Lipinski definition) is 6. The smallest absolute Gasteiger partial charge is 0.187 e. The van der Waals surface area contributed by atoms with Gasteiger partial charge in [-0.3, -0.25) is 0 Å². The summed E-state index contributed by atoms with van der Waals surface area (Å²) in [6.07, 6.45) is 3.49. The number of aromatic hydroxyl groups is 1. The van der Waals surface area contributed by atoms with Crippen LogP contribution in [0.3, 0.4) is 0 Å². The lowest BCUT2D eigenvalue weighted by Gasteiger charge is -2.09. The highest BCUT2D eigenvalue weighted by Crippen LogP contribution is 2.41. The maximum Gasteiger partial charge on any atom is 0.187 e. The van der Waals surface area contributed by atoms with E-state index < -0.39 is 0 Å². The Hall–Kier alpha value is -2.45. The molecule has 30 heavy (non-hydrogen) atoms. The van der Waals surface area contributed by atoms with E-state index in [4.69, 9.17) is 34.8 Å². The molecule has 2 aromatic heterocycles. The number of phenols is 1. The topological polar surface area (TPSA) is 84.1 Å². The van der Waals surface area contributed by atoms with E-state index in [2.05, 4.69) is 15.0 Å². The third-order valence-electron chi connectivity index (χ3n) is 4.28. The minimum atomic E-state index is -0.0941. The first-order valence-electron chi connectivity index (χ1n) is 8.52. The molecule has 0 saturated heterocycles. The standard InChI is InChI=1S/C20H13Cl3N4O2S/c1-30-20-24-7-6-15(25-20)17-18(10-2-4-11(21)5-3-10)27(29)19(26-17)16-13(22)8-12(28)9-14(16)23/h2-9,28-29H,1H3. The van der Waals surface area contributed by atoms with Crippen molar-refractivity contribution in [1.82, 2.24) is 19.7 Å². The van der Waals surface area contributed by atoms with Gasteiger partial charge < -0.3 is 10.3 Å². The number of nitrogens with zero attached hydrogens (tertiary/aromatic N) is 4. The van der Waals surface area contributed by atoms with E-state index >= 15 is 0 Å². The number of halogens is 3. The van der Waals surface area contributed by atoms with Gasteiger partial charge in [-0.05, 0) is 36.6 Å². The third kappa shape index (κ3) is 3.81. The minimum absolute atomic E-state index is 0.0941. The molecular formula is C20H13Cl3N4O2S. The summed E-state index contributed by atoms with van der Waals surface area (Å²) in [7, 11) is 0. The second-order valence-electron chi connectivity index (χ2n) is 6.16. The molecule has 4 aromatic rings. The molecule has 0 fully saturated rings. The van der Waals surface area contributed by atoms with Crippen LogP contribution in [0.1, 0.15) is 0 Å². The molecule has 6 nitrogen and oxygen atoms in total. The monoisotopic (exact) mass is 478 g/mol. The van der Waals surface area contributed by atoms with E-state index in [1.54, 1.807) is 36.5 Å². The van der Waals surface area contributed by atoms with Crippen molar-refractivity contribution in [3.05, 3.63) is 63.7 Å². The molecule has 0 amide bonds. The van der Waals surface area contributed by atoms with Crippen molar-refractivity contribution < 1.29 is 10.3 Å². The molecule has 2 aromatic carbocycles. The Balaban J connectivity index is 2.02. The van der Waals surface area contributed by atoms with Crippen LogP contribution in [0.2, 0.25) is 15.1 Å². The summed E-state index contributed by atoms with van der Waals surface area (Å²) < 4.78 is 0.906. The van der Waals surface area contributed by atoms with E-state index in [9.17, 15) is 10.3 Å². The van der Waals surface area contributed by atoms with Crippen LogP contribution in [-0.4, -0.2) is 36.3 Å². The lowest BCUT2D eigenvalue weighted by molar-refractivity contribution is 0.195. The van der Waals surface area contributed by atoms with Gasteiger partial charge in [0.25, 0.3) is 0 Å². The average molecular weight is 480 g/mol. The predicted molar refractivity (Wildman–Crippen MR) is 120 cm³/mol. The molecule has 0 aliphatic heterocycles. The quantitative estimate of drug-likeness (QED) is 0.203. The summed E-state index contributed by atoms with van der Waals surface area (Å²) in [6.45, 7) is 0. The maximum atomic E-state index is 11.1. The first-order valence-corrected chi connectivity index (χ1v) is 10.9.